The van der Waals surface area contributed by atoms with Crippen molar-refractivity contribution >= 4 is 23.1 Å². The second-order valence-corrected chi connectivity index (χ2v) is 7.51. The third kappa shape index (κ3) is 2.94. The molecule has 10 heteroatoms. The Kier molecular flexibility index (Phi) is 4.06. The van der Waals surface area contributed by atoms with Gasteiger partial charge in [0.05, 0.1) is 22.0 Å². The third-order valence-corrected chi connectivity index (χ3v) is 5.47. The molecule has 128 valence electrons. The molecule has 0 aliphatic carbocycles. The van der Waals surface area contributed by atoms with Gasteiger partial charge in [0, 0.05) is 0 Å². The van der Waals surface area contributed by atoms with Crippen LogP contribution < -0.4 is 5.84 Å². The Hall–Kier alpha value is -2.59. The minimum absolute atomic E-state index is 0.119. The molecule has 0 aliphatic heterocycles. The topological polar surface area (TPSA) is 109 Å². The maximum Gasteiger partial charge on any atom is 0.257 e. The van der Waals surface area contributed by atoms with Crippen molar-refractivity contribution in [3.63, 3.8) is 0 Å². The number of thiophene rings is 1. The molecule has 0 bridgehead atoms. The van der Waals surface area contributed by atoms with Gasteiger partial charge in [-0.3, -0.25) is 0 Å². The lowest BCUT2D eigenvalue weighted by atomic mass is 10.2. The van der Waals surface area contributed by atoms with Crippen LogP contribution in [0.2, 0.25) is 0 Å². The van der Waals surface area contributed by atoms with Crippen molar-refractivity contribution < 1.29 is 8.83 Å². The summed E-state index contributed by atoms with van der Waals surface area (Å²) in [5, 5.41) is 18.9. The number of nitrogens with two attached hydrogens (primary N) is 1. The van der Waals surface area contributed by atoms with Gasteiger partial charge in [-0.25, -0.2) is 4.68 Å². The van der Waals surface area contributed by atoms with E-state index in [1.807, 2.05) is 37.4 Å². The second-order valence-electron chi connectivity index (χ2n) is 5.25. The minimum Gasteiger partial charge on any atom is -0.469 e. The van der Waals surface area contributed by atoms with E-state index in [1.54, 1.807) is 17.6 Å². The highest BCUT2D eigenvalue weighted by Gasteiger charge is 2.22. The van der Waals surface area contributed by atoms with E-state index < -0.39 is 0 Å². The molecule has 4 aromatic rings. The molecule has 0 fully saturated rings. The lowest BCUT2D eigenvalue weighted by Gasteiger charge is -2.06. The molecule has 0 amide bonds. The van der Waals surface area contributed by atoms with Gasteiger partial charge in [-0.05, 0) is 31.4 Å². The number of nitrogens with zero attached hydrogens (tertiary/aromatic N) is 5. The van der Waals surface area contributed by atoms with Crippen LogP contribution in [0.5, 0.6) is 0 Å². The fourth-order valence-electron chi connectivity index (χ4n) is 2.27. The van der Waals surface area contributed by atoms with Gasteiger partial charge in [0.1, 0.15) is 5.76 Å². The number of thioether (sulfide) groups is 1. The van der Waals surface area contributed by atoms with Crippen molar-refractivity contribution in [1.82, 2.24) is 25.1 Å². The molecule has 2 N–H and O–H groups in total. The van der Waals surface area contributed by atoms with Crippen molar-refractivity contribution in [2.24, 2.45) is 0 Å². The Labute approximate surface area is 151 Å². The highest BCUT2D eigenvalue weighted by Crippen LogP contribution is 2.35. The molecule has 1 atom stereocenters. The first-order valence-electron chi connectivity index (χ1n) is 7.42. The Balaban J connectivity index is 1.55. The Morgan fingerprint density at radius 2 is 2.12 bits per heavy atom. The predicted octanol–water partition coefficient (Wildman–Crippen LogP) is 3.53. The predicted molar refractivity (Wildman–Crippen MR) is 94.5 cm³/mol. The average molecular weight is 374 g/mol. The van der Waals surface area contributed by atoms with Crippen LogP contribution in [-0.4, -0.2) is 25.1 Å². The molecule has 1 unspecified atom stereocenters. The second kappa shape index (κ2) is 6.37. The van der Waals surface area contributed by atoms with E-state index in [-0.39, 0.29) is 5.25 Å². The summed E-state index contributed by atoms with van der Waals surface area (Å²) in [6.07, 6.45) is 1.60. The Morgan fingerprint density at radius 1 is 1.24 bits per heavy atom. The van der Waals surface area contributed by atoms with Crippen LogP contribution in [0, 0.1) is 6.92 Å². The largest absolute Gasteiger partial charge is 0.469 e. The van der Waals surface area contributed by atoms with Gasteiger partial charge in [0.15, 0.2) is 5.82 Å². The summed E-state index contributed by atoms with van der Waals surface area (Å²) in [4.78, 5) is 0.940. The maximum atomic E-state index is 6.14. The Morgan fingerprint density at radius 3 is 2.84 bits per heavy atom. The van der Waals surface area contributed by atoms with Gasteiger partial charge in [0.2, 0.25) is 11.0 Å². The molecule has 4 aromatic heterocycles. The van der Waals surface area contributed by atoms with Crippen LogP contribution in [0.1, 0.15) is 23.8 Å². The van der Waals surface area contributed by atoms with Crippen LogP contribution in [0.15, 0.2) is 43.8 Å². The molecule has 0 saturated carbocycles. The summed E-state index contributed by atoms with van der Waals surface area (Å²) < 4.78 is 12.5. The normalized spacial score (nSPS) is 12.6. The zero-order valence-electron chi connectivity index (χ0n) is 13.4. The van der Waals surface area contributed by atoms with Crippen molar-refractivity contribution in [2.45, 2.75) is 24.3 Å². The van der Waals surface area contributed by atoms with E-state index in [0.717, 1.165) is 16.2 Å². The quantitative estimate of drug-likeness (QED) is 0.417. The van der Waals surface area contributed by atoms with Gasteiger partial charge in [-0.1, -0.05) is 17.8 Å². The molecule has 4 rings (SSSR count). The van der Waals surface area contributed by atoms with Gasteiger partial charge >= 0.3 is 0 Å². The average Bonchev–Trinajstić information content (AvgIpc) is 3.35. The lowest BCUT2D eigenvalue weighted by molar-refractivity contribution is 0.510. The molecule has 0 spiro atoms. The first-order valence-corrected chi connectivity index (χ1v) is 9.18. The standard InChI is InChI=1S/C15H14N6O2S2/c1-8-10(5-6-22-8)12-17-20-15(21(12)16)25-9(2)13-18-19-14(23-13)11-4-3-7-24-11/h3-7,9H,16H2,1-2H3. The van der Waals surface area contributed by atoms with Gasteiger partial charge in [-0.2, -0.15) is 0 Å². The summed E-state index contributed by atoms with van der Waals surface area (Å²) in [7, 11) is 0. The van der Waals surface area contributed by atoms with Crippen molar-refractivity contribution in [3.05, 3.63) is 41.5 Å². The van der Waals surface area contributed by atoms with E-state index >= 15 is 0 Å². The number of aromatic nitrogens is 5. The first kappa shape index (κ1) is 15.9. The summed E-state index contributed by atoms with van der Waals surface area (Å²) in [6, 6.07) is 5.69. The van der Waals surface area contributed by atoms with Crippen LogP contribution >= 0.6 is 23.1 Å². The number of hydrogen-bond acceptors (Lipinski definition) is 9. The molecule has 4 heterocycles. The number of aryl methyl sites for hydroxylation is 1. The number of nitrogen functional groups attached to an aromatic ring is 1. The number of furan rings is 1. The molecule has 0 saturated heterocycles. The highest BCUT2D eigenvalue weighted by atomic mass is 32.2. The zero-order chi connectivity index (χ0) is 17.4. The van der Waals surface area contributed by atoms with E-state index in [1.165, 1.54) is 16.4 Å². The summed E-state index contributed by atoms with van der Waals surface area (Å²) in [5.41, 5.74) is 0.812. The third-order valence-electron chi connectivity index (χ3n) is 3.57. The molecule has 25 heavy (non-hydrogen) atoms. The first-order chi connectivity index (χ1) is 12.1. The fraction of sp³-hybridized carbons (Fsp3) is 0.200. The summed E-state index contributed by atoms with van der Waals surface area (Å²) in [6.45, 7) is 3.80. The molecule has 0 radical (unpaired) electrons. The maximum absolute atomic E-state index is 6.14. The van der Waals surface area contributed by atoms with Crippen LogP contribution in [0.4, 0.5) is 0 Å². The molecular formula is C15H14N6O2S2. The summed E-state index contributed by atoms with van der Waals surface area (Å²) >= 11 is 2.95. The van der Waals surface area contributed by atoms with Gasteiger partial charge in [-0.15, -0.1) is 31.7 Å². The zero-order valence-corrected chi connectivity index (χ0v) is 15.0. The fourth-order valence-corrected chi connectivity index (χ4v) is 3.71. The molecule has 0 aliphatic rings. The molecular weight excluding hydrogens is 360 g/mol. The van der Waals surface area contributed by atoms with E-state index in [9.17, 15) is 0 Å². The Bertz CT molecular complexity index is 988. The monoisotopic (exact) mass is 374 g/mol. The van der Waals surface area contributed by atoms with E-state index in [2.05, 4.69) is 20.4 Å². The van der Waals surface area contributed by atoms with Crippen molar-refractivity contribution in [2.75, 3.05) is 5.84 Å². The van der Waals surface area contributed by atoms with Crippen LogP contribution in [-0.2, 0) is 0 Å². The lowest BCUT2D eigenvalue weighted by Crippen LogP contribution is -2.12. The number of rotatable bonds is 5. The van der Waals surface area contributed by atoms with E-state index in [0.29, 0.717) is 22.8 Å². The van der Waals surface area contributed by atoms with Crippen molar-refractivity contribution in [1.29, 1.82) is 0 Å². The minimum atomic E-state index is -0.119. The van der Waals surface area contributed by atoms with Crippen molar-refractivity contribution in [3.8, 4) is 22.2 Å². The SMILES string of the molecule is Cc1occc1-c1nnc(SC(C)c2nnc(-c3cccs3)o2)n1N. The summed E-state index contributed by atoms with van der Waals surface area (Å²) in [5.74, 6) is 8.45. The van der Waals surface area contributed by atoms with Crippen LogP contribution in [0.25, 0.3) is 22.2 Å². The highest BCUT2D eigenvalue weighted by molar-refractivity contribution is 7.99. The van der Waals surface area contributed by atoms with Crippen LogP contribution in [0.3, 0.4) is 0 Å². The van der Waals surface area contributed by atoms with Gasteiger partial charge in [0.25, 0.3) is 5.89 Å². The number of hydrogen-bond donors (Lipinski definition) is 1. The molecule has 8 nitrogen and oxygen atoms in total. The van der Waals surface area contributed by atoms with E-state index in [4.69, 9.17) is 14.7 Å². The molecule has 0 aromatic carbocycles. The smallest absolute Gasteiger partial charge is 0.257 e. The van der Waals surface area contributed by atoms with Gasteiger partial charge < -0.3 is 14.7 Å².